The second kappa shape index (κ2) is 7.97. The van der Waals surface area contributed by atoms with Crippen LogP contribution in [0.25, 0.3) is 0 Å². The Morgan fingerprint density at radius 2 is 1.96 bits per heavy atom. The summed E-state index contributed by atoms with van der Waals surface area (Å²) in [6, 6.07) is 1.70. The summed E-state index contributed by atoms with van der Waals surface area (Å²) >= 11 is 0. The molecule has 1 fully saturated rings. The Labute approximate surface area is 161 Å². The molecule has 2 aromatic heterocycles. The van der Waals surface area contributed by atoms with Crippen molar-refractivity contribution in [1.82, 2.24) is 24.0 Å². The first-order chi connectivity index (χ1) is 13.1. The van der Waals surface area contributed by atoms with Gasteiger partial charge in [-0.2, -0.15) is 0 Å². The highest BCUT2D eigenvalue weighted by Gasteiger charge is 2.22. The van der Waals surface area contributed by atoms with Gasteiger partial charge in [0.25, 0.3) is 5.56 Å². The summed E-state index contributed by atoms with van der Waals surface area (Å²) in [5.74, 6) is 2.08. The highest BCUT2D eigenvalue weighted by atomic mass is 16.1. The van der Waals surface area contributed by atoms with Gasteiger partial charge in [-0.15, -0.1) is 0 Å². The van der Waals surface area contributed by atoms with Gasteiger partial charge in [-0.25, -0.2) is 9.97 Å². The molecular weight excluding hydrogens is 338 g/mol. The van der Waals surface area contributed by atoms with E-state index in [1.165, 1.54) is 30.8 Å². The molecule has 4 rings (SSSR count). The predicted octanol–water partition coefficient (Wildman–Crippen LogP) is 2.81. The van der Waals surface area contributed by atoms with Crippen molar-refractivity contribution in [2.45, 2.75) is 71.5 Å². The van der Waals surface area contributed by atoms with Crippen LogP contribution in [0.1, 0.15) is 62.7 Å². The lowest BCUT2D eigenvalue weighted by molar-refractivity contribution is 0.161. The van der Waals surface area contributed by atoms with E-state index in [1.54, 1.807) is 17.0 Å². The van der Waals surface area contributed by atoms with Crippen LogP contribution in [0, 0.1) is 5.92 Å². The molecule has 27 heavy (non-hydrogen) atoms. The summed E-state index contributed by atoms with van der Waals surface area (Å²) in [6.07, 6.45) is 9.81. The van der Waals surface area contributed by atoms with E-state index in [0.717, 1.165) is 51.3 Å². The number of likely N-dealkylation sites (tertiary alicyclic amines) is 1. The van der Waals surface area contributed by atoms with Gasteiger partial charge in [0.05, 0.1) is 18.6 Å². The third-order valence-corrected chi connectivity index (χ3v) is 6.10. The molecule has 146 valence electrons. The molecule has 0 radical (unpaired) electrons. The van der Waals surface area contributed by atoms with E-state index in [0.29, 0.717) is 11.8 Å². The molecule has 0 aromatic carbocycles. The van der Waals surface area contributed by atoms with Gasteiger partial charge in [0, 0.05) is 31.0 Å². The zero-order valence-corrected chi connectivity index (χ0v) is 16.6. The number of fused-ring (bicyclic) bond motifs is 1. The molecule has 0 spiro atoms. The van der Waals surface area contributed by atoms with Crippen LogP contribution in [0.5, 0.6) is 0 Å². The number of nitrogens with zero attached hydrogens (tertiary/aromatic N) is 5. The van der Waals surface area contributed by atoms with Crippen molar-refractivity contribution in [3.05, 3.63) is 46.2 Å². The molecule has 0 N–H and O–H groups in total. The number of aryl methyl sites for hydroxylation is 1. The number of hydrogen-bond donors (Lipinski definition) is 0. The van der Waals surface area contributed by atoms with Crippen LogP contribution in [0.2, 0.25) is 0 Å². The van der Waals surface area contributed by atoms with Crippen LogP contribution >= 0.6 is 0 Å². The van der Waals surface area contributed by atoms with Gasteiger partial charge in [-0.1, -0.05) is 13.8 Å². The lowest BCUT2D eigenvalue weighted by Crippen LogP contribution is -2.36. The molecular formula is C21H31N5O. The van der Waals surface area contributed by atoms with Gasteiger partial charge in [-0.3, -0.25) is 14.3 Å². The Hall–Kier alpha value is -1.95. The van der Waals surface area contributed by atoms with Gasteiger partial charge in [-0.05, 0) is 57.0 Å². The van der Waals surface area contributed by atoms with Gasteiger partial charge in [0.15, 0.2) is 0 Å². The topological polar surface area (TPSA) is 56.0 Å². The summed E-state index contributed by atoms with van der Waals surface area (Å²) in [7, 11) is 0. The standard InChI is InChI=1S/C21H31N5O/c1-16(2)19-11-21(27)25(15-23-19)13-17-6-9-24(10-7-17)14-20-22-12-18-5-3-4-8-26(18)20/h11-12,15-17H,3-10,13-14H2,1-2H3. The average molecular weight is 370 g/mol. The molecule has 6 heteroatoms. The predicted molar refractivity (Wildman–Crippen MR) is 106 cm³/mol. The summed E-state index contributed by atoms with van der Waals surface area (Å²) in [4.78, 5) is 24.0. The first-order valence-corrected chi connectivity index (χ1v) is 10.4. The van der Waals surface area contributed by atoms with Crippen LogP contribution in [0.15, 0.2) is 23.4 Å². The van der Waals surface area contributed by atoms with Crippen LogP contribution in [-0.2, 0) is 26.1 Å². The van der Waals surface area contributed by atoms with Gasteiger partial charge in [0.1, 0.15) is 5.82 Å². The fraction of sp³-hybridized carbons (Fsp3) is 0.667. The monoisotopic (exact) mass is 369 g/mol. The Balaban J connectivity index is 1.32. The number of imidazole rings is 1. The molecule has 0 unspecified atom stereocenters. The highest BCUT2D eigenvalue weighted by Crippen LogP contribution is 2.22. The quantitative estimate of drug-likeness (QED) is 0.813. The molecule has 0 saturated carbocycles. The van der Waals surface area contributed by atoms with E-state index < -0.39 is 0 Å². The molecule has 4 heterocycles. The molecule has 1 saturated heterocycles. The SMILES string of the molecule is CC(C)c1cc(=O)n(CC2CCN(Cc3ncc4n3CCCC4)CC2)cn1. The van der Waals surface area contributed by atoms with E-state index in [9.17, 15) is 4.79 Å². The van der Waals surface area contributed by atoms with E-state index in [1.807, 2.05) is 0 Å². The van der Waals surface area contributed by atoms with Gasteiger partial charge >= 0.3 is 0 Å². The third-order valence-electron chi connectivity index (χ3n) is 6.10. The lowest BCUT2D eigenvalue weighted by Gasteiger charge is -2.32. The second-order valence-electron chi connectivity index (χ2n) is 8.45. The maximum absolute atomic E-state index is 12.3. The molecule has 2 aromatic rings. The normalized spacial score (nSPS) is 18.8. The zero-order chi connectivity index (χ0) is 18.8. The summed E-state index contributed by atoms with van der Waals surface area (Å²) in [6.45, 7) is 9.17. The average Bonchev–Trinajstić information content (AvgIpc) is 3.08. The zero-order valence-electron chi connectivity index (χ0n) is 16.6. The van der Waals surface area contributed by atoms with E-state index >= 15 is 0 Å². The fourth-order valence-corrected chi connectivity index (χ4v) is 4.33. The van der Waals surface area contributed by atoms with Gasteiger partial charge < -0.3 is 4.57 Å². The summed E-state index contributed by atoms with van der Waals surface area (Å²) < 4.78 is 4.22. The molecule has 0 bridgehead atoms. The van der Waals surface area contributed by atoms with Crippen LogP contribution in [-0.4, -0.2) is 37.1 Å². The lowest BCUT2D eigenvalue weighted by atomic mass is 9.96. The Morgan fingerprint density at radius 1 is 1.15 bits per heavy atom. The fourth-order valence-electron chi connectivity index (χ4n) is 4.33. The van der Waals surface area contributed by atoms with Crippen LogP contribution < -0.4 is 5.56 Å². The third kappa shape index (κ3) is 4.15. The van der Waals surface area contributed by atoms with E-state index in [4.69, 9.17) is 0 Å². The van der Waals surface area contributed by atoms with Crippen molar-refractivity contribution in [2.75, 3.05) is 13.1 Å². The number of piperidine rings is 1. The molecule has 0 aliphatic carbocycles. The van der Waals surface area contributed by atoms with E-state index in [-0.39, 0.29) is 5.56 Å². The van der Waals surface area contributed by atoms with Gasteiger partial charge in [0.2, 0.25) is 0 Å². The maximum atomic E-state index is 12.3. The molecule has 2 aliphatic heterocycles. The second-order valence-corrected chi connectivity index (χ2v) is 8.45. The number of aromatic nitrogens is 4. The Morgan fingerprint density at radius 3 is 2.70 bits per heavy atom. The summed E-state index contributed by atoms with van der Waals surface area (Å²) in [5, 5.41) is 0. The van der Waals surface area contributed by atoms with Crippen molar-refractivity contribution >= 4 is 0 Å². The van der Waals surface area contributed by atoms with Crippen LogP contribution in [0.3, 0.4) is 0 Å². The summed E-state index contributed by atoms with van der Waals surface area (Å²) in [5.41, 5.74) is 2.37. The van der Waals surface area contributed by atoms with Crippen molar-refractivity contribution in [3.8, 4) is 0 Å². The molecule has 0 atom stereocenters. The van der Waals surface area contributed by atoms with Crippen molar-refractivity contribution < 1.29 is 0 Å². The first-order valence-electron chi connectivity index (χ1n) is 10.4. The largest absolute Gasteiger partial charge is 0.331 e. The van der Waals surface area contributed by atoms with Crippen LogP contribution in [0.4, 0.5) is 0 Å². The minimum absolute atomic E-state index is 0.0835. The maximum Gasteiger partial charge on any atom is 0.253 e. The minimum Gasteiger partial charge on any atom is -0.331 e. The highest BCUT2D eigenvalue weighted by molar-refractivity contribution is 5.08. The Kier molecular flexibility index (Phi) is 5.43. The number of hydrogen-bond acceptors (Lipinski definition) is 4. The molecule has 2 aliphatic rings. The minimum atomic E-state index is 0.0835. The Bertz CT molecular complexity index is 829. The van der Waals surface area contributed by atoms with Crippen molar-refractivity contribution in [2.24, 2.45) is 5.92 Å². The van der Waals surface area contributed by atoms with E-state index in [2.05, 4.69) is 39.5 Å². The first kappa shape index (κ1) is 18.4. The smallest absolute Gasteiger partial charge is 0.253 e. The number of rotatable bonds is 5. The van der Waals surface area contributed by atoms with Crippen molar-refractivity contribution in [1.29, 1.82) is 0 Å². The molecule has 0 amide bonds. The molecule has 6 nitrogen and oxygen atoms in total. The van der Waals surface area contributed by atoms with Crippen molar-refractivity contribution in [3.63, 3.8) is 0 Å².